The van der Waals surface area contributed by atoms with Gasteiger partial charge in [0.2, 0.25) is 5.95 Å². The molecular formula is C16H20N6O4. The third kappa shape index (κ3) is 4.85. The van der Waals surface area contributed by atoms with Crippen LogP contribution in [-0.2, 0) is 24.2 Å². The highest BCUT2D eigenvalue weighted by Crippen LogP contribution is 2.22. The first kappa shape index (κ1) is 19.0. The minimum atomic E-state index is -0.322. The standard InChI is InChI=1S/C15H18N6O2.CH2O2/c1-8-18-9(6-12(22)19-8)7-17-14(23)13-10-4-2-3-5-11(10)20-15(16)21-13;2-1-3/h6H,2-5,7H2,1H3,(H,17,23)(H2,16,20,21)(H,18,19,22);1H,(H,2,3). The predicted octanol–water partition coefficient (Wildman–Crippen LogP) is -0.0399. The van der Waals surface area contributed by atoms with E-state index in [1.165, 1.54) is 6.07 Å². The number of anilines is 1. The van der Waals surface area contributed by atoms with E-state index in [4.69, 9.17) is 15.6 Å². The summed E-state index contributed by atoms with van der Waals surface area (Å²) in [6.45, 7) is 1.59. The molecule has 5 N–H and O–H groups in total. The Balaban J connectivity index is 0.000000758. The second-order valence-corrected chi connectivity index (χ2v) is 5.67. The number of amides is 1. The van der Waals surface area contributed by atoms with E-state index in [-0.39, 0.29) is 30.4 Å². The number of nitrogens with zero attached hydrogens (tertiary/aromatic N) is 3. The van der Waals surface area contributed by atoms with Gasteiger partial charge in [0.25, 0.3) is 17.9 Å². The summed E-state index contributed by atoms with van der Waals surface area (Å²) < 4.78 is 0. The predicted molar refractivity (Wildman–Crippen MR) is 92.5 cm³/mol. The number of nitrogens with two attached hydrogens (primary N) is 1. The van der Waals surface area contributed by atoms with E-state index >= 15 is 0 Å². The highest BCUT2D eigenvalue weighted by Gasteiger charge is 2.21. The van der Waals surface area contributed by atoms with Gasteiger partial charge in [0.1, 0.15) is 11.5 Å². The Labute approximate surface area is 148 Å². The van der Waals surface area contributed by atoms with Crippen molar-refractivity contribution in [3.8, 4) is 0 Å². The summed E-state index contributed by atoms with van der Waals surface area (Å²) in [6, 6.07) is 1.36. The molecule has 0 radical (unpaired) electrons. The molecule has 10 nitrogen and oxygen atoms in total. The SMILES string of the molecule is Cc1nc(CNC(=O)c2nc(N)nc3c2CCCC3)cc(=O)[nH]1.O=CO. The van der Waals surface area contributed by atoms with Gasteiger partial charge in [-0.15, -0.1) is 0 Å². The average Bonchev–Trinajstić information content (AvgIpc) is 2.59. The Bertz CT molecular complexity index is 864. The number of rotatable bonds is 3. The Kier molecular flexibility index (Phi) is 6.36. The van der Waals surface area contributed by atoms with Crippen LogP contribution >= 0.6 is 0 Å². The molecule has 1 amide bonds. The molecule has 3 rings (SSSR count). The number of nitrogen functional groups attached to an aromatic ring is 1. The van der Waals surface area contributed by atoms with Crippen molar-refractivity contribution in [3.05, 3.63) is 44.9 Å². The maximum Gasteiger partial charge on any atom is 0.290 e. The number of H-pyrrole nitrogens is 1. The van der Waals surface area contributed by atoms with E-state index in [0.29, 0.717) is 17.2 Å². The molecule has 0 bridgehead atoms. The van der Waals surface area contributed by atoms with Crippen LogP contribution in [0.15, 0.2) is 10.9 Å². The highest BCUT2D eigenvalue weighted by molar-refractivity contribution is 5.94. The molecule has 0 spiro atoms. The van der Waals surface area contributed by atoms with Gasteiger partial charge in [-0.1, -0.05) is 0 Å². The van der Waals surface area contributed by atoms with Crippen molar-refractivity contribution in [2.75, 3.05) is 5.73 Å². The zero-order valence-electron chi connectivity index (χ0n) is 14.3. The molecule has 0 saturated carbocycles. The molecule has 1 aliphatic carbocycles. The maximum atomic E-state index is 12.4. The number of aromatic amines is 1. The van der Waals surface area contributed by atoms with E-state index in [9.17, 15) is 9.59 Å². The topological polar surface area (TPSA) is 164 Å². The number of carboxylic acid groups (broad SMARTS) is 1. The van der Waals surface area contributed by atoms with Crippen molar-refractivity contribution in [3.63, 3.8) is 0 Å². The number of carbonyl (C=O) groups is 2. The summed E-state index contributed by atoms with van der Waals surface area (Å²) >= 11 is 0. The van der Waals surface area contributed by atoms with Crippen LogP contribution in [0.5, 0.6) is 0 Å². The molecule has 0 unspecified atom stereocenters. The quantitative estimate of drug-likeness (QED) is 0.554. The Morgan fingerprint density at radius 2 is 2.04 bits per heavy atom. The summed E-state index contributed by atoms with van der Waals surface area (Å²) in [7, 11) is 0. The van der Waals surface area contributed by atoms with Gasteiger partial charge < -0.3 is 21.1 Å². The first-order chi connectivity index (χ1) is 12.4. The molecule has 0 aromatic carbocycles. The minimum absolute atomic E-state index is 0.112. The monoisotopic (exact) mass is 360 g/mol. The molecule has 10 heteroatoms. The molecule has 0 saturated heterocycles. The average molecular weight is 360 g/mol. The van der Waals surface area contributed by atoms with Gasteiger partial charge in [-0.05, 0) is 32.6 Å². The molecule has 2 heterocycles. The third-order valence-corrected chi connectivity index (χ3v) is 3.76. The Morgan fingerprint density at radius 3 is 2.73 bits per heavy atom. The lowest BCUT2D eigenvalue weighted by Crippen LogP contribution is -2.28. The molecule has 0 aliphatic heterocycles. The molecule has 0 atom stereocenters. The van der Waals surface area contributed by atoms with Crippen molar-refractivity contribution in [1.29, 1.82) is 0 Å². The summed E-state index contributed by atoms with van der Waals surface area (Å²) in [6.07, 6.45) is 3.65. The summed E-state index contributed by atoms with van der Waals surface area (Å²) in [5.41, 5.74) is 8.02. The van der Waals surface area contributed by atoms with Crippen molar-refractivity contribution in [2.24, 2.45) is 0 Å². The normalized spacial score (nSPS) is 12.3. The lowest BCUT2D eigenvalue weighted by molar-refractivity contribution is -0.122. The van der Waals surface area contributed by atoms with Crippen molar-refractivity contribution in [2.45, 2.75) is 39.2 Å². The number of hydrogen-bond acceptors (Lipinski definition) is 7. The van der Waals surface area contributed by atoms with E-state index in [1.54, 1.807) is 6.92 Å². The first-order valence-corrected chi connectivity index (χ1v) is 8.02. The van der Waals surface area contributed by atoms with E-state index < -0.39 is 0 Å². The van der Waals surface area contributed by atoms with Gasteiger partial charge in [-0.25, -0.2) is 15.0 Å². The molecule has 138 valence electrons. The molecule has 2 aromatic heterocycles. The third-order valence-electron chi connectivity index (χ3n) is 3.76. The number of fused-ring (bicyclic) bond motifs is 1. The zero-order valence-corrected chi connectivity index (χ0v) is 14.3. The van der Waals surface area contributed by atoms with Gasteiger partial charge in [0, 0.05) is 17.3 Å². The molecular weight excluding hydrogens is 340 g/mol. The lowest BCUT2D eigenvalue weighted by Gasteiger charge is -2.17. The van der Waals surface area contributed by atoms with E-state index in [1.807, 2.05) is 0 Å². The van der Waals surface area contributed by atoms with Crippen LogP contribution in [0.4, 0.5) is 5.95 Å². The largest absolute Gasteiger partial charge is 0.483 e. The summed E-state index contributed by atoms with van der Waals surface area (Å²) in [5, 5.41) is 9.64. The van der Waals surface area contributed by atoms with E-state index in [2.05, 4.69) is 25.3 Å². The second kappa shape index (κ2) is 8.70. The fraction of sp³-hybridized carbons (Fsp3) is 0.375. The van der Waals surface area contributed by atoms with Crippen LogP contribution in [0.1, 0.15) is 46.1 Å². The summed E-state index contributed by atoms with van der Waals surface area (Å²) in [5.74, 6) is 0.295. The Morgan fingerprint density at radius 1 is 1.35 bits per heavy atom. The number of aryl methyl sites for hydroxylation is 2. The number of carbonyl (C=O) groups excluding carboxylic acids is 1. The maximum absolute atomic E-state index is 12.4. The molecule has 26 heavy (non-hydrogen) atoms. The van der Waals surface area contributed by atoms with Crippen LogP contribution in [0.2, 0.25) is 0 Å². The fourth-order valence-corrected chi connectivity index (χ4v) is 2.79. The number of nitrogens with one attached hydrogen (secondary N) is 2. The van der Waals surface area contributed by atoms with Crippen molar-refractivity contribution < 1.29 is 14.7 Å². The van der Waals surface area contributed by atoms with Crippen molar-refractivity contribution >= 4 is 18.3 Å². The zero-order chi connectivity index (χ0) is 19.1. The lowest BCUT2D eigenvalue weighted by atomic mass is 9.94. The van der Waals surface area contributed by atoms with Crippen LogP contribution < -0.4 is 16.6 Å². The van der Waals surface area contributed by atoms with Crippen LogP contribution in [0.25, 0.3) is 0 Å². The number of hydrogen-bond donors (Lipinski definition) is 4. The molecule has 1 aliphatic rings. The van der Waals surface area contributed by atoms with Gasteiger partial charge in [0.05, 0.1) is 12.2 Å². The highest BCUT2D eigenvalue weighted by atomic mass is 16.3. The van der Waals surface area contributed by atoms with Gasteiger partial charge in [-0.2, -0.15) is 0 Å². The fourth-order valence-electron chi connectivity index (χ4n) is 2.79. The smallest absolute Gasteiger partial charge is 0.290 e. The number of aromatic nitrogens is 4. The van der Waals surface area contributed by atoms with Gasteiger partial charge >= 0.3 is 0 Å². The molecule has 2 aromatic rings. The summed E-state index contributed by atoms with van der Waals surface area (Å²) in [4.78, 5) is 47.3. The van der Waals surface area contributed by atoms with Crippen molar-refractivity contribution in [1.82, 2.24) is 25.3 Å². The van der Waals surface area contributed by atoms with Crippen LogP contribution in [0, 0.1) is 6.92 Å². The Hall–Kier alpha value is -3.30. The van der Waals surface area contributed by atoms with Crippen LogP contribution in [0.3, 0.4) is 0 Å². The second-order valence-electron chi connectivity index (χ2n) is 5.67. The van der Waals surface area contributed by atoms with Crippen LogP contribution in [-0.4, -0.2) is 37.4 Å². The first-order valence-electron chi connectivity index (χ1n) is 8.02. The minimum Gasteiger partial charge on any atom is -0.483 e. The van der Waals surface area contributed by atoms with Gasteiger partial charge in [-0.3, -0.25) is 14.4 Å². The van der Waals surface area contributed by atoms with Gasteiger partial charge in [0.15, 0.2) is 0 Å². The molecule has 0 fully saturated rings. The van der Waals surface area contributed by atoms with E-state index in [0.717, 1.165) is 36.9 Å².